The standard InChI is InChI=1S/C12H14N2O2/c1-7-4-5-8(2)10(6-7)12-14-13-11(16-12)9(3)15/h4-6,9,15H,1-3H3. The van der Waals surface area contributed by atoms with Crippen LogP contribution in [0.3, 0.4) is 0 Å². The number of hydrogen-bond acceptors (Lipinski definition) is 4. The van der Waals surface area contributed by atoms with Crippen molar-refractivity contribution in [1.29, 1.82) is 0 Å². The van der Waals surface area contributed by atoms with Gasteiger partial charge in [-0.25, -0.2) is 0 Å². The third-order valence-electron chi connectivity index (χ3n) is 2.42. The van der Waals surface area contributed by atoms with Crippen molar-refractivity contribution in [1.82, 2.24) is 10.2 Å². The first-order valence-corrected chi connectivity index (χ1v) is 5.17. The summed E-state index contributed by atoms with van der Waals surface area (Å²) in [4.78, 5) is 0. The van der Waals surface area contributed by atoms with Crippen molar-refractivity contribution in [3.05, 3.63) is 35.2 Å². The molecule has 1 N–H and O–H groups in total. The van der Waals surface area contributed by atoms with Crippen LogP contribution < -0.4 is 0 Å². The molecular formula is C12H14N2O2. The van der Waals surface area contributed by atoms with Crippen LogP contribution in [-0.2, 0) is 0 Å². The molecule has 1 heterocycles. The molecule has 84 valence electrons. The Balaban J connectivity index is 2.46. The van der Waals surface area contributed by atoms with Gasteiger partial charge in [-0.1, -0.05) is 17.7 Å². The molecule has 0 saturated carbocycles. The lowest BCUT2D eigenvalue weighted by molar-refractivity contribution is 0.163. The number of benzene rings is 1. The second kappa shape index (κ2) is 4.06. The van der Waals surface area contributed by atoms with E-state index < -0.39 is 6.10 Å². The van der Waals surface area contributed by atoms with Gasteiger partial charge in [0.25, 0.3) is 0 Å². The van der Waals surface area contributed by atoms with Crippen molar-refractivity contribution in [3.63, 3.8) is 0 Å². The number of hydrogen-bond donors (Lipinski definition) is 1. The molecule has 4 nitrogen and oxygen atoms in total. The van der Waals surface area contributed by atoms with E-state index in [4.69, 9.17) is 4.42 Å². The van der Waals surface area contributed by atoms with Crippen LogP contribution in [-0.4, -0.2) is 15.3 Å². The van der Waals surface area contributed by atoms with Crippen molar-refractivity contribution < 1.29 is 9.52 Å². The van der Waals surface area contributed by atoms with Gasteiger partial charge in [-0.2, -0.15) is 0 Å². The fourth-order valence-electron chi connectivity index (χ4n) is 1.48. The van der Waals surface area contributed by atoms with E-state index in [-0.39, 0.29) is 5.89 Å². The summed E-state index contributed by atoms with van der Waals surface area (Å²) in [7, 11) is 0. The molecule has 0 spiro atoms. The molecule has 4 heteroatoms. The molecule has 1 aromatic carbocycles. The normalized spacial score (nSPS) is 12.8. The van der Waals surface area contributed by atoms with Gasteiger partial charge in [-0.05, 0) is 32.4 Å². The molecule has 0 bridgehead atoms. The van der Waals surface area contributed by atoms with Crippen LogP contribution in [0.5, 0.6) is 0 Å². The fraction of sp³-hybridized carbons (Fsp3) is 0.333. The molecule has 0 amide bonds. The lowest BCUT2D eigenvalue weighted by atomic mass is 10.1. The Kier molecular flexibility index (Phi) is 2.75. The van der Waals surface area contributed by atoms with Gasteiger partial charge in [0.1, 0.15) is 6.10 Å². The minimum absolute atomic E-state index is 0.246. The Morgan fingerprint density at radius 2 is 2.00 bits per heavy atom. The third kappa shape index (κ3) is 1.97. The molecule has 1 atom stereocenters. The summed E-state index contributed by atoms with van der Waals surface area (Å²) < 4.78 is 5.39. The molecule has 0 saturated heterocycles. The van der Waals surface area contributed by atoms with Gasteiger partial charge >= 0.3 is 0 Å². The zero-order chi connectivity index (χ0) is 11.7. The van der Waals surface area contributed by atoms with Crippen LogP contribution in [0.1, 0.15) is 30.0 Å². The highest BCUT2D eigenvalue weighted by Crippen LogP contribution is 2.24. The van der Waals surface area contributed by atoms with E-state index in [0.717, 1.165) is 16.7 Å². The summed E-state index contributed by atoms with van der Waals surface area (Å²) in [5.41, 5.74) is 3.13. The molecule has 0 aliphatic rings. The zero-order valence-corrected chi connectivity index (χ0v) is 9.56. The number of aliphatic hydroxyl groups is 1. The van der Waals surface area contributed by atoms with Gasteiger partial charge in [0.15, 0.2) is 0 Å². The first-order valence-electron chi connectivity index (χ1n) is 5.17. The van der Waals surface area contributed by atoms with Crippen molar-refractivity contribution in [2.75, 3.05) is 0 Å². The molecule has 0 aliphatic carbocycles. The molecule has 0 aliphatic heterocycles. The van der Waals surface area contributed by atoms with Gasteiger partial charge in [-0.3, -0.25) is 0 Å². The Morgan fingerprint density at radius 1 is 1.25 bits per heavy atom. The largest absolute Gasteiger partial charge is 0.418 e. The predicted octanol–water partition coefficient (Wildman–Crippen LogP) is 2.41. The van der Waals surface area contributed by atoms with Crippen molar-refractivity contribution in [2.24, 2.45) is 0 Å². The van der Waals surface area contributed by atoms with E-state index in [9.17, 15) is 5.11 Å². The smallest absolute Gasteiger partial charge is 0.248 e. The summed E-state index contributed by atoms with van der Waals surface area (Å²) in [6.07, 6.45) is -0.730. The molecule has 2 aromatic rings. The molecular weight excluding hydrogens is 204 g/mol. The SMILES string of the molecule is Cc1ccc(C)c(-c2nnc(C(C)O)o2)c1. The van der Waals surface area contributed by atoms with Crippen LogP contribution in [0.4, 0.5) is 0 Å². The Hall–Kier alpha value is -1.68. The number of aryl methyl sites for hydroxylation is 2. The first kappa shape index (κ1) is 10.8. The Labute approximate surface area is 93.9 Å². The maximum atomic E-state index is 9.31. The monoisotopic (exact) mass is 218 g/mol. The minimum Gasteiger partial charge on any atom is -0.418 e. The number of aliphatic hydroxyl groups excluding tert-OH is 1. The van der Waals surface area contributed by atoms with Crippen LogP contribution >= 0.6 is 0 Å². The van der Waals surface area contributed by atoms with Crippen LogP contribution in [0, 0.1) is 13.8 Å². The van der Waals surface area contributed by atoms with Gasteiger partial charge in [-0.15, -0.1) is 10.2 Å². The molecule has 16 heavy (non-hydrogen) atoms. The summed E-state index contributed by atoms with van der Waals surface area (Å²) in [5, 5.41) is 17.0. The minimum atomic E-state index is -0.730. The maximum Gasteiger partial charge on any atom is 0.248 e. The van der Waals surface area contributed by atoms with Crippen LogP contribution in [0.15, 0.2) is 22.6 Å². The van der Waals surface area contributed by atoms with Gasteiger partial charge in [0.05, 0.1) is 0 Å². The van der Waals surface area contributed by atoms with E-state index in [1.807, 2.05) is 32.0 Å². The topological polar surface area (TPSA) is 59.2 Å². The summed E-state index contributed by atoms with van der Waals surface area (Å²) in [6.45, 7) is 5.59. The molecule has 0 fully saturated rings. The molecule has 1 unspecified atom stereocenters. The highest BCUT2D eigenvalue weighted by Gasteiger charge is 2.13. The average molecular weight is 218 g/mol. The van der Waals surface area contributed by atoms with Crippen molar-refractivity contribution >= 4 is 0 Å². The molecule has 2 rings (SSSR count). The van der Waals surface area contributed by atoms with E-state index in [0.29, 0.717) is 5.89 Å². The van der Waals surface area contributed by atoms with Gasteiger partial charge in [0, 0.05) is 5.56 Å². The first-order chi connectivity index (χ1) is 7.58. The fourth-order valence-corrected chi connectivity index (χ4v) is 1.48. The number of aromatic nitrogens is 2. The molecule has 1 aromatic heterocycles. The van der Waals surface area contributed by atoms with Gasteiger partial charge in [0.2, 0.25) is 11.8 Å². The van der Waals surface area contributed by atoms with E-state index in [1.165, 1.54) is 0 Å². The quantitative estimate of drug-likeness (QED) is 0.840. The maximum absolute atomic E-state index is 9.31. The summed E-state index contributed by atoms with van der Waals surface area (Å²) in [6, 6.07) is 6.04. The lowest BCUT2D eigenvalue weighted by Crippen LogP contribution is -1.89. The average Bonchev–Trinajstić information content (AvgIpc) is 2.70. The number of rotatable bonds is 2. The van der Waals surface area contributed by atoms with Gasteiger partial charge < -0.3 is 9.52 Å². The zero-order valence-electron chi connectivity index (χ0n) is 9.56. The summed E-state index contributed by atoms with van der Waals surface area (Å²) in [5.74, 6) is 0.702. The summed E-state index contributed by atoms with van der Waals surface area (Å²) >= 11 is 0. The molecule has 0 radical (unpaired) electrons. The van der Waals surface area contributed by atoms with E-state index in [2.05, 4.69) is 10.2 Å². The Morgan fingerprint density at radius 3 is 2.62 bits per heavy atom. The Bertz CT molecular complexity index is 503. The highest BCUT2D eigenvalue weighted by atomic mass is 16.4. The van der Waals surface area contributed by atoms with Crippen LogP contribution in [0.2, 0.25) is 0 Å². The van der Waals surface area contributed by atoms with Crippen molar-refractivity contribution in [3.8, 4) is 11.5 Å². The number of nitrogens with zero attached hydrogens (tertiary/aromatic N) is 2. The second-order valence-electron chi connectivity index (χ2n) is 3.94. The van der Waals surface area contributed by atoms with E-state index >= 15 is 0 Å². The van der Waals surface area contributed by atoms with Crippen molar-refractivity contribution in [2.45, 2.75) is 26.9 Å². The highest BCUT2D eigenvalue weighted by molar-refractivity contribution is 5.59. The van der Waals surface area contributed by atoms with Crippen LogP contribution in [0.25, 0.3) is 11.5 Å². The second-order valence-corrected chi connectivity index (χ2v) is 3.94. The predicted molar refractivity (Wildman–Crippen MR) is 59.8 cm³/mol. The third-order valence-corrected chi connectivity index (χ3v) is 2.42. The lowest BCUT2D eigenvalue weighted by Gasteiger charge is -2.02. The van der Waals surface area contributed by atoms with E-state index in [1.54, 1.807) is 6.92 Å².